The Morgan fingerprint density at radius 3 is 2.57 bits per heavy atom. The summed E-state index contributed by atoms with van der Waals surface area (Å²) in [6.07, 6.45) is -2.01. The van der Waals surface area contributed by atoms with Crippen molar-refractivity contribution < 1.29 is 18.0 Å². The average molecular weight is 345 g/mol. The van der Waals surface area contributed by atoms with Crippen LogP contribution in [0.1, 0.15) is 16.1 Å². The normalized spacial score (nSPS) is 11.3. The Kier molecular flexibility index (Phi) is 4.59. The third kappa shape index (κ3) is 3.80. The van der Waals surface area contributed by atoms with Crippen molar-refractivity contribution in [2.75, 3.05) is 11.6 Å². The minimum atomic E-state index is -4.56. The van der Waals surface area contributed by atoms with E-state index in [4.69, 9.17) is 5.73 Å². The zero-order chi connectivity index (χ0) is 17.2. The molecule has 122 valence electrons. The van der Waals surface area contributed by atoms with Crippen molar-refractivity contribution in [2.45, 2.75) is 11.3 Å². The van der Waals surface area contributed by atoms with Gasteiger partial charge < -0.3 is 16.0 Å². The highest BCUT2D eigenvalue weighted by molar-refractivity contribution is 7.98. The van der Waals surface area contributed by atoms with Crippen LogP contribution in [0.15, 0.2) is 28.3 Å². The maximum absolute atomic E-state index is 12.5. The van der Waals surface area contributed by atoms with Gasteiger partial charge in [0.25, 0.3) is 11.5 Å². The highest BCUT2D eigenvalue weighted by Gasteiger charge is 2.32. The SMILES string of the molecule is CSc1nc(Nc2ccc(C(F)(F)F)nc2)c(C(N)=O)c(=O)[nH]1. The number of aromatic amines is 1. The molecule has 0 radical (unpaired) electrons. The number of hydrogen-bond acceptors (Lipinski definition) is 6. The van der Waals surface area contributed by atoms with Crippen molar-refractivity contribution in [1.29, 1.82) is 0 Å². The molecule has 2 rings (SSSR count). The van der Waals surface area contributed by atoms with Gasteiger partial charge in [-0.3, -0.25) is 9.59 Å². The molecule has 0 saturated heterocycles. The number of nitrogens with one attached hydrogen (secondary N) is 2. The van der Waals surface area contributed by atoms with E-state index in [-0.39, 0.29) is 16.7 Å². The molecule has 0 aliphatic rings. The van der Waals surface area contributed by atoms with Crippen molar-refractivity contribution in [3.63, 3.8) is 0 Å². The van der Waals surface area contributed by atoms with Crippen LogP contribution in [-0.2, 0) is 6.18 Å². The first-order valence-corrected chi connectivity index (χ1v) is 7.23. The number of thioether (sulfide) groups is 1. The molecule has 23 heavy (non-hydrogen) atoms. The largest absolute Gasteiger partial charge is 0.433 e. The molecule has 0 saturated carbocycles. The summed E-state index contributed by atoms with van der Waals surface area (Å²) in [7, 11) is 0. The molecule has 11 heteroatoms. The molecule has 0 aliphatic carbocycles. The number of carbonyl (C=O) groups is 1. The summed E-state index contributed by atoms with van der Waals surface area (Å²) >= 11 is 1.11. The second kappa shape index (κ2) is 6.28. The van der Waals surface area contributed by atoms with Gasteiger partial charge in [-0.2, -0.15) is 13.2 Å². The van der Waals surface area contributed by atoms with Crippen LogP contribution in [0.25, 0.3) is 0 Å². The number of aromatic nitrogens is 3. The number of nitrogens with two attached hydrogens (primary N) is 1. The molecule has 7 nitrogen and oxygen atoms in total. The first-order chi connectivity index (χ1) is 10.7. The van der Waals surface area contributed by atoms with Gasteiger partial charge in [0.1, 0.15) is 11.3 Å². The molecule has 4 N–H and O–H groups in total. The van der Waals surface area contributed by atoms with Crippen LogP contribution >= 0.6 is 11.8 Å². The molecular weight excluding hydrogens is 335 g/mol. The van der Waals surface area contributed by atoms with Gasteiger partial charge in [0.05, 0.1) is 11.9 Å². The number of H-pyrrole nitrogens is 1. The van der Waals surface area contributed by atoms with Gasteiger partial charge in [-0.15, -0.1) is 0 Å². The summed E-state index contributed by atoms with van der Waals surface area (Å²) in [4.78, 5) is 32.8. The van der Waals surface area contributed by atoms with Crippen LogP contribution in [0.2, 0.25) is 0 Å². The van der Waals surface area contributed by atoms with E-state index in [0.29, 0.717) is 0 Å². The minimum absolute atomic E-state index is 0.116. The number of alkyl halides is 3. The molecule has 0 fully saturated rings. The number of hydrogen-bond donors (Lipinski definition) is 3. The average Bonchev–Trinajstić information content (AvgIpc) is 2.45. The van der Waals surface area contributed by atoms with Gasteiger partial charge in [0, 0.05) is 0 Å². The van der Waals surface area contributed by atoms with Gasteiger partial charge in [0.15, 0.2) is 11.0 Å². The van der Waals surface area contributed by atoms with Gasteiger partial charge in [0.2, 0.25) is 0 Å². The predicted molar refractivity (Wildman–Crippen MR) is 77.7 cm³/mol. The Morgan fingerprint density at radius 1 is 1.39 bits per heavy atom. The Morgan fingerprint density at radius 2 is 2.09 bits per heavy atom. The van der Waals surface area contributed by atoms with Crippen molar-refractivity contribution in [3.8, 4) is 0 Å². The van der Waals surface area contributed by atoms with Crippen molar-refractivity contribution in [1.82, 2.24) is 15.0 Å². The number of carbonyl (C=O) groups excluding carboxylic acids is 1. The Labute approximate surface area is 131 Å². The van der Waals surface area contributed by atoms with Crippen LogP contribution in [0, 0.1) is 0 Å². The number of primary amides is 1. The summed E-state index contributed by atoms with van der Waals surface area (Å²) in [5.74, 6) is -1.18. The molecule has 0 aliphatic heterocycles. The van der Waals surface area contributed by atoms with Crippen LogP contribution in [0.3, 0.4) is 0 Å². The molecule has 0 atom stereocenters. The number of pyridine rings is 1. The maximum atomic E-state index is 12.5. The molecule has 2 aromatic heterocycles. The van der Waals surface area contributed by atoms with E-state index in [1.54, 1.807) is 6.26 Å². The van der Waals surface area contributed by atoms with Crippen LogP contribution in [0.4, 0.5) is 24.7 Å². The fourth-order valence-electron chi connectivity index (χ4n) is 1.64. The molecular formula is C12H10F3N5O2S. The second-order valence-electron chi connectivity index (χ2n) is 4.22. The molecule has 2 heterocycles. The van der Waals surface area contributed by atoms with Gasteiger partial charge in [-0.05, 0) is 18.4 Å². The number of halogens is 3. The molecule has 0 unspecified atom stereocenters. The van der Waals surface area contributed by atoms with E-state index >= 15 is 0 Å². The monoisotopic (exact) mass is 345 g/mol. The van der Waals surface area contributed by atoms with Gasteiger partial charge in [-0.1, -0.05) is 11.8 Å². The maximum Gasteiger partial charge on any atom is 0.433 e. The lowest BCUT2D eigenvalue weighted by Crippen LogP contribution is -2.26. The predicted octanol–water partition coefficient (Wildman–Crippen LogP) is 1.75. The first kappa shape index (κ1) is 16.8. The smallest absolute Gasteiger partial charge is 0.365 e. The van der Waals surface area contributed by atoms with E-state index in [2.05, 4.69) is 20.3 Å². The Bertz CT molecular complexity index is 789. The fourth-order valence-corrected chi connectivity index (χ4v) is 2.02. The molecule has 0 aromatic carbocycles. The minimum Gasteiger partial charge on any atom is -0.365 e. The summed E-state index contributed by atoms with van der Waals surface area (Å²) in [6.45, 7) is 0. The van der Waals surface area contributed by atoms with Crippen LogP contribution in [-0.4, -0.2) is 27.1 Å². The van der Waals surface area contributed by atoms with Gasteiger partial charge in [-0.25, -0.2) is 9.97 Å². The standard InChI is InChI=1S/C12H10F3N5O2S/c1-23-11-19-9(7(8(16)21)10(22)20-11)18-5-2-3-6(17-4-5)12(13,14)15/h2-4H,1H3,(H2,16,21)(H2,18,19,20,22). The van der Waals surface area contributed by atoms with E-state index < -0.39 is 28.9 Å². The molecule has 0 bridgehead atoms. The summed E-state index contributed by atoms with van der Waals surface area (Å²) in [5, 5.41) is 2.78. The zero-order valence-corrected chi connectivity index (χ0v) is 12.4. The third-order valence-corrected chi connectivity index (χ3v) is 3.23. The Balaban J connectivity index is 2.41. The van der Waals surface area contributed by atoms with Crippen LogP contribution < -0.4 is 16.6 Å². The summed E-state index contributed by atoms with van der Waals surface area (Å²) in [5.41, 5.74) is 3.00. The molecule has 2 aromatic rings. The highest BCUT2D eigenvalue weighted by Crippen LogP contribution is 2.28. The number of rotatable bonds is 4. The third-order valence-electron chi connectivity index (χ3n) is 2.65. The Hall–Kier alpha value is -2.56. The van der Waals surface area contributed by atoms with E-state index in [9.17, 15) is 22.8 Å². The van der Waals surface area contributed by atoms with E-state index in [1.807, 2.05) is 0 Å². The van der Waals surface area contributed by atoms with Crippen LogP contribution in [0.5, 0.6) is 0 Å². The number of amides is 1. The molecule has 1 amide bonds. The fraction of sp³-hybridized carbons (Fsp3) is 0.167. The second-order valence-corrected chi connectivity index (χ2v) is 5.01. The molecule has 0 spiro atoms. The number of nitrogens with zero attached hydrogens (tertiary/aromatic N) is 2. The lowest BCUT2D eigenvalue weighted by molar-refractivity contribution is -0.141. The lowest BCUT2D eigenvalue weighted by atomic mass is 10.2. The lowest BCUT2D eigenvalue weighted by Gasteiger charge is -2.10. The summed E-state index contributed by atoms with van der Waals surface area (Å²) in [6, 6.07) is 1.86. The summed E-state index contributed by atoms with van der Waals surface area (Å²) < 4.78 is 37.4. The van der Waals surface area contributed by atoms with Crippen molar-refractivity contribution in [3.05, 3.63) is 39.9 Å². The van der Waals surface area contributed by atoms with E-state index in [1.165, 1.54) is 0 Å². The van der Waals surface area contributed by atoms with Crippen molar-refractivity contribution in [2.24, 2.45) is 5.73 Å². The first-order valence-electron chi connectivity index (χ1n) is 6.00. The highest BCUT2D eigenvalue weighted by atomic mass is 32.2. The van der Waals surface area contributed by atoms with Crippen molar-refractivity contribution >= 4 is 29.2 Å². The number of anilines is 2. The zero-order valence-electron chi connectivity index (χ0n) is 11.6. The topological polar surface area (TPSA) is 114 Å². The van der Waals surface area contributed by atoms with Gasteiger partial charge >= 0.3 is 6.18 Å². The quantitative estimate of drug-likeness (QED) is 0.575. The van der Waals surface area contributed by atoms with E-state index in [0.717, 1.165) is 30.1 Å².